The summed E-state index contributed by atoms with van der Waals surface area (Å²) in [6.07, 6.45) is 5.31. The van der Waals surface area contributed by atoms with E-state index in [0.29, 0.717) is 11.9 Å². The second-order valence-corrected chi connectivity index (χ2v) is 4.66. The van der Waals surface area contributed by atoms with Crippen LogP contribution in [-0.4, -0.2) is 15.0 Å². The summed E-state index contributed by atoms with van der Waals surface area (Å²) in [6, 6.07) is 0.450. The van der Waals surface area contributed by atoms with Gasteiger partial charge in [-0.05, 0) is 31.1 Å². The Morgan fingerprint density at radius 3 is 2.43 bits per heavy atom. The van der Waals surface area contributed by atoms with Crippen molar-refractivity contribution in [2.24, 2.45) is 11.8 Å². The normalized spacial score (nSPS) is 33.1. The van der Waals surface area contributed by atoms with E-state index in [1.165, 1.54) is 19.3 Å². The average Bonchev–Trinajstić information content (AvgIpc) is 2.50. The minimum Gasteiger partial charge on any atom is -0.381 e. The molecule has 0 amide bonds. The first kappa shape index (κ1) is 9.49. The molecule has 1 fully saturated rings. The van der Waals surface area contributed by atoms with Crippen LogP contribution in [0.5, 0.6) is 0 Å². The topological polar surface area (TPSA) is 56.7 Å². The van der Waals surface area contributed by atoms with Crippen molar-refractivity contribution in [1.82, 2.24) is 15.0 Å². The van der Waals surface area contributed by atoms with E-state index in [2.05, 4.69) is 24.0 Å². The highest BCUT2D eigenvalue weighted by Crippen LogP contribution is 2.34. The maximum absolute atomic E-state index is 5.56. The molecule has 1 aromatic rings. The number of hydrogen-bond donors (Lipinski definition) is 1. The van der Waals surface area contributed by atoms with Gasteiger partial charge in [-0.2, -0.15) is 9.90 Å². The van der Waals surface area contributed by atoms with Gasteiger partial charge in [-0.25, -0.2) is 0 Å². The van der Waals surface area contributed by atoms with Crippen molar-refractivity contribution in [3.05, 3.63) is 6.20 Å². The third-order valence-corrected chi connectivity index (χ3v) is 3.01. The number of aromatic nitrogens is 3. The van der Waals surface area contributed by atoms with Crippen molar-refractivity contribution in [2.45, 2.75) is 39.2 Å². The van der Waals surface area contributed by atoms with Crippen LogP contribution in [0.2, 0.25) is 0 Å². The van der Waals surface area contributed by atoms with E-state index in [0.717, 1.165) is 11.8 Å². The van der Waals surface area contributed by atoms with Gasteiger partial charge in [-0.15, -0.1) is 5.10 Å². The van der Waals surface area contributed by atoms with Crippen LogP contribution in [0.4, 0.5) is 5.82 Å². The Kier molecular flexibility index (Phi) is 2.44. The molecule has 2 N–H and O–H groups in total. The standard InChI is InChI=1S/C10H18N4/c1-7-3-8(2)5-9(4-7)14-12-6-10(11)13-14/h6-9H,3-5H2,1-2H3,(H2,11,13). The van der Waals surface area contributed by atoms with Gasteiger partial charge in [-0.3, -0.25) is 0 Å². The van der Waals surface area contributed by atoms with Crippen LogP contribution in [0.1, 0.15) is 39.2 Å². The highest BCUT2D eigenvalue weighted by molar-refractivity contribution is 5.19. The number of nitrogens with zero attached hydrogens (tertiary/aromatic N) is 3. The van der Waals surface area contributed by atoms with E-state index in [-0.39, 0.29) is 0 Å². The van der Waals surface area contributed by atoms with Crippen molar-refractivity contribution in [3.63, 3.8) is 0 Å². The Labute approximate surface area is 84.5 Å². The van der Waals surface area contributed by atoms with E-state index >= 15 is 0 Å². The van der Waals surface area contributed by atoms with Crippen LogP contribution in [0, 0.1) is 11.8 Å². The zero-order valence-corrected chi connectivity index (χ0v) is 8.85. The van der Waals surface area contributed by atoms with Gasteiger partial charge in [0.05, 0.1) is 12.2 Å². The largest absolute Gasteiger partial charge is 0.381 e. The average molecular weight is 194 g/mol. The molecule has 2 atom stereocenters. The van der Waals surface area contributed by atoms with Crippen LogP contribution in [-0.2, 0) is 0 Å². The van der Waals surface area contributed by atoms with Crippen LogP contribution >= 0.6 is 0 Å². The maximum Gasteiger partial charge on any atom is 0.165 e. The van der Waals surface area contributed by atoms with E-state index in [1.807, 2.05) is 0 Å². The molecule has 0 saturated heterocycles. The predicted octanol–water partition coefficient (Wildman–Crippen LogP) is 1.86. The SMILES string of the molecule is CC1CC(C)CC(n2ncc(N)n2)C1. The summed E-state index contributed by atoms with van der Waals surface area (Å²) in [6.45, 7) is 4.60. The van der Waals surface area contributed by atoms with E-state index < -0.39 is 0 Å². The molecular weight excluding hydrogens is 176 g/mol. The first-order valence-corrected chi connectivity index (χ1v) is 5.32. The lowest BCUT2D eigenvalue weighted by atomic mass is 9.81. The van der Waals surface area contributed by atoms with Gasteiger partial charge < -0.3 is 5.73 Å². The summed E-state index contributed by atoms with van der Waals surface area (Å²) in [7, 11) is 0. The van der Waals surface area contributed by atoms with Crippen LogP contribution in [0.25, 0.3) is 0 Å². The molecule has 0 aromatic carbocycles. The Balaban J connectivity index is 2.10. The molecule has 2 unspecified atom stereocenters. The van der Waals surface area contributed by atoms with Crippen molar-refractivity contribution >= 4 is 5.82 Å². The summed E-state index contributed by atoms with van der Waals surface area (Å²) < 4.78 is 0. The van der Waals surface area contributed by atoms with Crippen LogP contribution in [0.3, 0.4) is 0 Å². The summed E-state index contributed by atoms with van der Waals surface area (Å²) in [4.78, 5) is 1.79. The fourth-order valence-corrected chi connectivity index (χ4v) is 2.56. The lowest BCUT2D eigenvalue weighted by Crippen LogP contribution is -2.24. The molecular formula is C10H18N4. The summed E-state index contributed by atoms with van der Waals surface area (Å²) in [5.41, 5.74) is 5.56. The second kappa shape index (κ2) is 3.59. The van der Waals surface area contributed by atoms with Crippen LogP contribution < -0.4 is 5.73 Å². The molecule has 1 saturated carbocycles. The Bertz CT molecular complexity index is 297. The number of nitrogens with two attached hydrogens (primary N) is 1. The fourth-order valence-electron chi connectivity index (χ4n) is 2.56. The third-order valence-electron chi connectivity index (χ3n) is 3.01. The van der Waals surface area contributed by atoms with Crippen molar-refractivity contribution in [3.8, 4) is 0 Å². The number of rotatable bonds is 1. The molecule has 1 heterocycles. The van der Waals surface area contributed by atoms with Crippen molar-refractivity contribution < 1.29 is 0 Å². The zero-order chi connectivity index (χ0) is 10.1. The first-order chi connectivity index (χ1) is 6.65. The molecule has 1 aliphatic rings. The lowest BCUT2D eigenvalue weighted by Gasteiger charge is -2.30. The molecule has 0 bridgehead atoms. The Morgan fingerprint density at radius 1 is 1.29 bits per heavy atom. The van der Waals surface area contributed by atoms with Gasteiger partial charge in [0.1, 0.15) is 0 Å². The number of anilines is 1. The van der Waals surface area contributed by atoms with Gasteiger partial charge in [0.25, 0.3) is 0 Å². The number of hydrogen-bond acceptors (Lipinski definition) is 3. The monoisotopic (exact) mass is 194 g/mol. The third kappa shape index (κ3) is 1.89. The van der Waals surface area contributed by atoms with Gasteiger partial charge >= 0.3 is 0 Å². The van der Waals surface area contributed by atoms with Crippen LogP contribution in [0.15, 0.2) is 6.20 Å². The lowest BCUT2D eigenvalue weighted by molar-refractivity contribution is 0.196. The minimum atomic E-state index is 0.450. The summed E-state index contributed by atoms with van der Waals surface area (Å²) in [5.74, 6) is 2.07. The maximum atomic E-state index is 5.56. The smallest absolute Gasteiger partial charge is 0.165 e. The first-order valence-electron chi connectivity index (χ1n) is 5.32. The fraction of sp³-hybridized carbons (Fsp3) is 0.800. The Morgan fingerprint density at radius 2 is 1.93 bits per heavy atom. The van der Waals surface area contributed by atoms with Gasteiger partial charge in [0.2, 0.25) is 0 Å². The molecule has 1 aromatic heterocycles. The quantitative estimate of drug-likeness (QED) is 0.742. The number of nitrogen functional groups attached to an aromatic ring is 1. The molecule has 14 heavy (non-hydrogen) atoms. The molecule has 0 radical (unpaired) electrons. The highest BCUT2D eigenvalue weighted by atomic mass is 15.5. The molecule has 4 heteroatoms. The zero-order valence-electron chi connectivity index (χ0n) is 8.85. The van der Waals surface area contributed by atoms with Gasteiger partial charge in [0.15, 0.2) is 5.82 Å². The van der Waals surface area contributed by atoms with Crippen molar-refractivity contribution in [1.29, 1.82) is 0 Å². The predicted molar refractivity (Wildman–Crippen MR) is 55.7 cm³/mol. The van der Waals surface area contributed by atoms with E-state index in [9.17, 15) is 0 Å². The van der Waals surface area contributed by atoms with Gasteiger partial charge in [-0.1, -0.05) is 13.8 Å². The summed E-state index contributed by atoms with van der Waals surface area (Å²) >= 11 is 0. The molecule has 78 valence electrons. The van der Waals surface area contributed by atoms with Crippen molar-refractivity contribution in [2.75, 3.05) is 5.73 Å². The minimum absolute atomic E-state index is 0.450. The Hall–Kier alpha value is -1.06. The van der Waals surface area contributed by atoms with E-state index in [1.54, 1.807) is 11.0 Å². The molecule has 4 nitrogen and oxygen atoms in total. The highest BCUT2D eigenvalue weighted by Gasteiger charge is 2.26. The second-order valence-electron chi connectivity index (χ2n) is 4.66. The molecule has 2 rings (SSSR count). The molecule has 0 spiro atoms. The van der Waals surface area contributed by atoms with E-state index in [4.69, 9.17) is 5.73 Å². The molecule has 0 aliphatic heterocycles. The summed E-state index contributed by atoms with van der Waals surface area (Å²) in [5, 5.41) is 8.38. The van der Waals surface area contributed by atoms with Gasteiger partial charge in [0, 0.05) is 0 Å². The molecule has 1 aliphatic carbocycles.